The van der Waals surface area contributed by atoms with Crippen LogP contribution in [0.3, 0.4) is 0 Å². The molecule has 0 radical (unpaired) electrons. The molecule has 3 rings (SSSR count). The normalized spacial score (nSPS) is 31.5. The fourth-order valence-corrected chi connectivity index (χ4v) is 3.26. The van der Waals surface area contributed by atoms with Crippen molar-refractivity contribution in [3.63, 3.8) is 0 Å². The smallest absolute Gasteiger partial charge is 0.353 e. The van der Waals surface area contributed by atoms with Crippen molar-refractivity contribution in [2.24, 2.45) is 0 Å². The molecule has 1 aliphatic heterocycles. The Morgan fingerprint density at radius 3 is 3.05 bits per heavy atom. The molecule has 0 bridgehead atoms. The topological polar surface area (TPSA) is 55.8 Å². The molecular formula is C15H18O4. The minimum atomic E-state index is -1.35. The maximum atomic E-state index is 12.2. The predicted octanol–water partition coefficient (Wildman–Crippen LogP) is 1.92. The Kier molecular flexibility index (Phi) is 2.61. The van der Waals surface area contributed by atoms with E-state index in [1.807, 2.05) is 12.1 Å². The number of ether oxygens (including phenoxy) is 2. The summed E-state index contributed by atoms with van der Waals surface area (Å²) in [6, 6.07) is 5.69. The molecule has 4 nitrogen and oxygen atoms in total. The summed E-state index contributed by atoms with van der Waals surface area (Å²) < 4.78 is 10.9. The lowest BCUT2D eigenvalue weighted by molar-refractivity contribution is -0.183. The molecule has 2 aliphatic rings. The second-order valence-electron chi connectivity index (χ2n) is 5.36. The van der Waals surface area contributed by atoms with E-state index in [-0.39, 0.29) is 6.61 Å². The number of rotatable bonds is 2. The number of aliphatic hydroxyl groups is 1. The second kappa shape index (κ2) is 3.97. The average Bonchev–Trinajstić information content (AvgIpc) is 2.62. The summed E-state index contributed by atoms with van der Waals surface area (Å²) >= 11 is 0. The van der Waals surface area contributed by atoms with Crippen LogP contribution in [0.4, 0.5) is 0 Å². The highest BCUT2D eigenvalue weighted by molar-refractivity contribution is 5.84. The predicted molar refractivity (Wildman–Crippen MR) is 68.9 cm³/mol. The van der Waals surface area contributed by atoms with Gasteiger partial charge < -0.3 is 14.6 Å². The Labute approximate surface area is 112 Å². The second-order valence-corrected chi connectivity index (χ2v) is 5.36. The molecule has 1 aromatic carbocycles. The van der Waals surface area contributed by atoms with Gasteiger partial charge in [-0.25, -0.2) is 4.79 Å². The molecule has 2 unspecified atom stereocenters. The van der Waals surface area contributed by atoms with Gasteiger partial charge in [-0.2, -0.15) is 0 Å². The summed E-state index contributed by atoms with van der Waals surface area (Å²) in [5.41, 5.74) is -0.776. The first-order valence-corrected chi connectivity index (χ1v) is 6.74. The highest BCUT2D eigenvalue weighted by Crippen LogP contribution is 2.54. The quantitative estimate of drug-likeness (QED) is 0.827. The van der Waals surface area contributed by atoms with Gasteiger partial charge in [0.05, 0.1) is 6.61 Å². The maximum Gasteiger partial charge on any atom is 0.353 e. The van der Waals surface area contributed by atoms with E-state index in [4.69, 9.17) is 9.47 Å². The van der Waals surface area contributed by atoms with Crippen LogP contribution in [0.15, 0.2) is 18.2 Å². The van der Waals surface area contributed by atoms with Gasteiger partial charge in [0.2, 0.25) is 5.60 Å². The van der Waals surface area contributed by atoms with Crippen molar-refractivity contribution in [3.8, 4) is 5.75 Å². The van der Waals surface area contributed by atoms with Gasteiger partial charge in [0.15, 0.2) is 0 Å². The molecule has 4 heteroatoms. The number of hydrogen-bond donors (Lipinski definition) is 1. The van der Waals surface area contributed by atoms with Crippen molar-refractivity contribution in [3.05, 3.63) is 29.3 Å². The molecule has 0 aromatic heterocycles. The molecule has 0 spiro atoms. The molecule has 1 N–H and O–H groups in total. The Morgan fingerprint density at radius 2 is 2.32 bits per heavy atom. The Bertz CT molecular complexity index is 539. The van der Waals surface area contributed by atoms with E-state index in [0.717, 1.165) is 24.0 Å². The van der Waals surface area contributed by atoms with Gasteiger partial charge in [0.25, 0.3) is 0 Å². The summed E-state index contributed by atoms with van der Waals surface area (Å²) in [5.74, 6) is 0.108. The number of esters is 1. The first-order valence-electron chi connectivity index (χ1n) is 6.74. The van der Waals surface area contributed by atoms with E-state index in [1.54, 1.807) is 19.9 Å². The third-order valence-corrected chi connectivity index (χ3v) is 4.28. The van der Waals surface area contributed by atoms with Crippen LogP contribution < -0.4 is 4.74 Å². The van der Waals surface area contributed by atoms with E-state index in [0.29, 0.717) is 12.2 Å². The van der Waals surface area contributed by atoms with E-state index in [2.05, 4.69) is 0 Å². The molecule has 0 fully saturated rings. The fraction of sp³-hybridized carbons (Fsp3) is 0.533. The van der Waals surface area contributed by atoms with Crippen LogP contribution in [-0.2, 0) is 21.6 Å². The first-order chi connectivity index (χ1) is 9.03. The maximum absolute atomic E-state index is 12.2. The molecule has 1 aromatic rings. The molecule has 102 valence electrons. The van der Waals surface area contributed by atoms with Gasteiger partial charge in [0.1, 0.15) is 11.4 Å². The minimum absolute atomic E-state index is 0.275. The lowest BCUT2D eigenvalue weighted by Gasteiger charge is -2.38. The summed E-state index contributed by atoms with van der Waals surface area (Å²) in [6.07, 6.45) is 2.27. The van der Waals surface area contributed by atoms with Gasteiger partial charge in [-0.15, -0.1) is 0 Å². The van der Waals surface area contributed by atoms with Crippen molar-refractivity contribution >= 4 is 5.97 Å². The zero-order valence-corrected chi connectivity index (χ0v) is 11.2. The molecule has 19 heavy (non-hydrogen) atoms. The standard InChI is InChI=1S/C15H18O4/c1-3-18-13(16)14(2)15(17)9-5-7-10-6-4-8-11(19-14)12(10)15/h4,6,8,17H,3,5,7,9H2,1-2H3. The van der Waals surface area contributed by atoms with Crippen molar-refractivity contribution < 1.29 is 19.4 Å². The number of carbonyl (C=O) groups excluding carboxylic acids is 1. The van der Waals surface area contributed by atoms with Crippen LogP contribution in [0.5, 0.6) is 5.75 Å². The molecule has 1 heterocycles. The third-order valence-electron chi connectivity index (χ3n) is 4.28. The van der Waals surface area contributed by atoms with Gasteiger partial charge in [-0.05, 0) is 44.7 Å². The highest BCUT2D eigenvalue weighted by Gasteiger charge is 2.63. The minimum Gasteiger partial charge on any atom is -0.472 e. The van der Waals surface area contributed by atoms with Crippen LogP contribution in [0.25, 0.3) is 0 Å². The van der Waals surface area contributed by atoms with E-state index >= 15 is 0 Å². The van der Waals surface area contributed by atoms with Crippen molar-refractivity contribution in [1.29, 1.82) is 0 Å². The van der Waals surface area contributed by atoms with Crippen LogP contribution in [0.1, 0.15) is 37.8 Å². The fourth-order valence-electron chi connectivity index (χ4n) is 3.26. The van der Waals surface area contributed by atoms with Gasteiger partial charge in [0, 0.05) is 5.56 Å². The molecule has 2 atom stereocenters. The van der Waals surface area contributed by atoms with E-state index in [9.17, 15) is 9.90 Å². The first kappa shape index (κ1) is 12.5. The van der Waals surface area contributed by atoms with Gasteiger partial charge in [-0.3, -0.25) is 0 Å². The van der Waals surface area contributed by atoms with E-state index < -0.39 is 17.2 Å². The summed E-state index contributed by atoms with van der Waals surface area (Å²) in [6.45, 7) is 3.65. The number of benzene rings is 1. The summed E-state index contributed by atoms with van der Waals surface area (Å²) in [4.78, 5) is 12.2. The van der Waals surface area contributed by atoms with Crippen molar-refractivity contribution in [2.45, 2.75) is 44.3 Å². The molecular weight excluding hydrogens is 244 g/mol. The van der Waals surface area contributed by atoms with Gasteiger partial charge in [-0.1, -0.05) is 12.1 Å². The Morgan fingerprint density at radius 1 is 1.53 bits per heavy atom. The number of aryl methyl sites for hydroxylation is 1. The molecule has 1 aliphatic carbocycles. The molecule has 0 amide bonds. The zero-order valence-electron chi connectivity index (χ0n) is 11.2. The lowest BCUT2D eigenvalue weighted by atomic mass is 9.71. The third kappa shape index (κ3) is 1.46. The number of hydrogen-bond acceptors (Lipinski definition) is 4. The van der Waals surface area contributed by atoms with Crippen LogP contribution >= 0.6 is 0 Å². The molecule has 0 saturated heterocycles. The number of carbonyl (C=O) groups is 1. The summed E-state index contributed by atoms with van der Waals surface area (Å²) in [7, 11) is 0. The largest absolute Gasteiger partial charge is 0.472 e. The Hall–Kier alpha value is -1.55. The SMILES string of the molecule is CCOC(=O)C1(C)Oc2cccc3c2C1(O)CCC3. The van der Waals surface area contributed by atoms with Gasteiger partial charge >= 0.3 is 5.97 Å². The monoisotopic (exact) mass is 262 g/mol. The molecule has 0 saturated carbocycles. The van der Waals surface area contributed by atoms with E-state index in [1.165, 1.54) is 0 Å². The van der Waals surface area contributed by atoms with Crippen molar-refractivity contribution in [2.75, 3.05) is 6.61 Å². The lowest BCUT2D eigenvalue weighted by Crippen LogP contribution is -2.56. The van der Waals surface area contributed by atoms with Crippen LogP contribution in [-0.4, -0.2) is 23.3 Å². The Balaban J connectivity index is 2.14. The van der Waals surface area contributed by atoms with Crippen LogP contribution in [0.2, 0.25) is 0 Å². The van der Waals surface area contributed by atoms with Crippen molar-refractivity contribution in [1.82, 2.24) is 0 Å². The zero-order chi connectivity index (χ0) is 13.7. The van der Waals surface area contributed by atoms with Crippen LogP contribution in [0, 0.1) is 0 Å². The average molecular weight is 262 g/mol. The highest BCUT2D eigenvalue weighted by atomic mass is 16.6. The summed E-state index contributed by atoms with van der Waals surface area (Å²) in [5, 5.41) is 11.1.